The number of hydrogen-bond donors (Lipinski definition) is 1. The number of benzene rings is 1. The van der Waals surface area contributed by atoms with Gasteiger partial charge in [0, 0.05) is 15.4 Å². The van der Waals surface area contributed by atoms with Gasteiger partial charge >= 0.3 is 0 Å². The largest absolute Gasteiger partial charge is 0.352 e. The van der Waals surface area contributed by atoms with E-state index < -0.39 is 9.84 Å². The number of carbonyl (C=O) groups excluding carboxylic acids is 1. The molecule has 1 amide bonds. The van der Waals surface area contributed by atoms with Crippen LogP contribution in [0.15, 0.2) is 21.5 Å². The average Bonchev–Trinajstić information content (AvgIpc) is 2.71. The van der Waals surface area contributed by atoms with Gasteiger partial charge in [0.05, 0.1) is 17.3 Å². The van der Waals surface area contributed by atoms with E-state index >= 15 is 0 Å². The highest BCUT2D eigenvalue weighted by molar-refractivity contribution is 9.10. The summed E-state index contributed by atoms with van der Waals surface area (Å²) < 4.78 is 23.8. The Morgan fingerprint density at radius 1 is 1.38 bits per heavy atom. The van der Waals surface area contributed by atoms with Crippen molar-refractivity contribution in [3.63, 3.8) is 0 Å². The first kappa shape index (κ1) is 16.8. The van der Waals surface area contributed by atoms with Crippen molar-refractivity contribution in [2.75, 3.05) is 17.3 Å². The minimum absolute atomic E-state index is 0.0693. The summed E-state index contributed by atoms with van der Waals surface area (Å²) in [4.78, 5) is 13.0. The van der Waals surface area contributed by atoms with Crippen LogP contribution in [0.3, 0.4) is 0 Å². The maximum Gasteiger partial charge on any atom is 0.230 e. The Bertz CT molecular complexity index is 658. The molecule has 21 heavy (non-hydrogen) atoms. The predicted molar refractivity (Wildman–Crippen MR) is 89.5 cm³/mol. The van der Waals surface area contributed by atoms with Gasteiger partial charge in [-0.05, 0) is 43.5 Å². The van der Waals surface area contributed by atoms with Crippen LogP contribution >= 0.6 is 27.7 Å². The molecule has 1 aromatic carbocycles. The Kier molecular flexibility index (Phi) is 5.38. The Morgan fingerprint density at radius 2 is 2.10 bits per heavy atom. The maximum atomic E-state index is 11.9. The molecule has 0 aliphatic carbocycles. The second kappa shape index (κ2) is 6.71. The van der Waals surface area contributed by atoms with Crippen LogP contribution in [-0.2, 0) is 14.6 Å². The second-order valence-electron chi connectivity index (χ2n) is 5.32. The quantitative estimate of drug-likeness (QED) is 0.800. The fraction of sp³-hybridized carbons (Fsp3) is 0.500. The van der Waals surface area contributed by atoms with Crippen molar-refractivity contribution in [1.29, 1.82) is 0 Å². The average molecular weight is 392 g/mol. The Balaban J connectivity index is 1.89. The van der Waals surface area contributed by atoms with Crippen LogP contribution in [0, 0.1) is 13.8 Å². The number of sulfone groups is 1. The van der Waals surface area contributed by atoms with Gasteiger partial charge in [-0.15, -0.1) is 11.8 Å². The molecular weight excluding hydrogens is 374 g/mol. The van der Waals surface area contributed by atoms with Gasteiger partial charge in [-0.3, -0.25) is 4.79 Å². The minimum atomic E-state index is -2.95. The Morgan fingerprint density at radius 3 is 2.71 bits per heavy atom. The summed E-state index contributed by atoms with van der Waals surface area (Å²) in [7, 11) is -2.95. The Hall–Kier alpha value is -0.530. The van der Waals surface area contributed by atoms with E-state index in [1.807, 2.05) is 19.9 Å². The zero-order chi connectivity index (χ0) is 15.6. The molecule has 0 spiro atoms. The van der Waals surface area contributed by atoms with Crippen LogP contribution in [0.2, 0.25) is 0 Å². The van der Waals surface area contributed by atoms with Crippen molar-refractivity contribution in [2.45, 2.75) is 31.2 Å². The first-order valence-corrected chi connectivity index (χ1v) is 10.3. The number of hydrogen-bond acceptors (Lipinski definition) is 4. The fourth-order valence-corrected chi connectivity index (χ4v) is 5.28. The van der Waals surface area contributed by atoms with E-state index in [0.29, 0.717) is 12.2 Å². The summed E-state index contributed by atoms with van der Waals surface area (Å²) in [5.41, 5.74) is 2.25. The van der Waals surface area contributed by atoms with Crippen molar-refractivity contribution in [3.8, 4) is 0 Å². The smallest absolute Gasteiger partial charge is 0.230 e. The van der Waals surface area contributed by atoms with Crippen LogP contribution in [-0.4, -0.2) is 37.6 Å². The van der Waals surface area contributed by atoms with Crippen molar-refractivity contribution in [2.24, 2.45) is 0 Å². The van der Waals surface area contributed by atoms with Gasteiger partial charge in [0.1, 0.15) is 0 Å². The van der Waals surface area contributed by atoms with E-state index in [0.717, 1.165) is 20.5 Å². The number of carbonyl (C=O) groups is 1. The van der Waals surface area contributed by atoms with Gasteiger partial charge in [-0.25, -0.2) is 8.42 Å². The summed E-state index contributed by atoms with van der Waals surface area (Å²) in [5.74, 6) is 0.441. The van der Waals surface area contributed by atoms with Gasteiger partial charge in [0.15, 0.2) is 9.84 Å². The summed E-state index contributed by atoms with van der Waals surface area (Å²) in [6, 6.07) is 3.87. The number of thioether (sulfide) groups is 1. The third kappa shape index (κ3) is 4.72. The lowest BCUT2D eigenvalue weighted by Crippen LogP contribution is -2.36. The molecule has 0 bridgehead atoms. The normalized spacial score (nSPS) is 20.4. The molecular formula is C14H18BrNO3S2. The fourth-order valence-electron chi connectivity index (χ4n) is 2.23. The molecule has 1 aliphatic rings. The molecule has 1 aromatic rings. The summed E-state index contributed by atoms with van der Waals surface area (Å²) >= 11 is 4.96. The number of nitrogens with one attached hydrogen (secondary N) is 1. The molecule has 1 fully saturated rings. The topological polar surface area (TPSA) is 63.2 Å². The molecule has 1 heterocycles. The lowest BCUT2D eigenvalue weighted by molar-refractivity contribution is -0.119. The van der Waals surface area contributed by atoms with Gasteiger partial charge in [-0.2, -0.15) is 0 Å². The van der Waals surface area contributed by atoms with E-state index in [9.17, 15) is 13.2 Å². The second-order valence-corrected chi connectivity index (χ2v) is 9.42. The van der Waals surface area contributed by atoms with Crippen LogP contribution in [0.5, 0.6) is 0 Å². The molecule has 0 saturated carbocycles. The highest BCUT2D eigenvalue weighted by atomic mass is 79.9. The van der Waals surface area contributed by atoms with Crippen LogP contribution in [0.1, 0.15) is 17.5 Å². The number of halogens is 1. The molecule has 1 N–H and O–H groups in total. The van der Waals surface area contributed by atoms with Gasteiger partial charge in [-0.1, -0.05) is 15.9 Å². The van der Waals surface area contributed by atoms with Crippen LogP contribution in [0.4, 0.5) is 0 Å². The first-order chi connectivity index (χ1) is 9.77. The minimum Gasteiger partial charge on any atom is -0.352 e. The molecule has 7 heteroatoms. The summed E-state index contributed by atoms with van der Waals surface area (Å²) in [6.07, 6.45) is 0.523. The van der Waals surface area contributed by atoms with E-state index in [4.69, 9.17) is 0 Å². The zero-order valence-corrected chi connectivity index (χ0v) is 15.2. The van der Waals surface area contributed by atoms with Crippen molar-refractivity contribution < 1.29 is 13.2 Å². The third-order valence-corrected chi connectivity index (χ3v) is 7.19. The summed E-state index contributed by atoms with van der Waals surface area (Å²) in [5, 5.41) is 2.80. The van der Waals surface area contributed by atoms with Gasteiger partial charge in [0.25, 0.3) is 0 Å². The molecule has 116 valence electrons. The van der Waals surface area contributed by atoms with E-state index in [1.165, 1.54) is 11.8 Å². The van der Waals surface area contributed by atoms with Crippen LogP contribution in [0.25, 0.3) is 0 Å². The molecule has 0 aromatic heterocycles. The van der Waals surface area contributed by atoms with Crippen LogP contribution < -0.4 is 5.32 Å². The van der Waals surface area contributed by atoms with Crippen molar-refractivity contribution in [3.05, 3.63) is 27.7 Å². The summed E-state index contributed by atoms with van der Waals surface area (Å²) in [6.45, 7) is 4.02. The van der Waals surface area contributed by atoms with Gasteiger partial charge in [0.2, 0.25) is 5.91 Å². The molecule has 1 unspecified atom stereocenters. The third-order valence-electron chi connectivity index (χ3n) is 3.41. The predicted octanol–water partition coefficient (Wildman–Crippen LogP) is 2.46. The van der Waals surface area contributed by atoms with E-state index in [2.05, 4.69) is 27.3 Å². The van der Waals surface area contributed by atoms with Gasteiger partial charge < -0.3 is 5.32 Å². The van der Waals surface area contributed by atoms with Crippen molar-refractivity contribution >= 4 is 43.4 Å². The standard InChI is InChI=1S/C14H18BrNO3S2/c1-9-6-13(10(2)5-12(9)15)20-7-14(17)16-11-3-4-21(18,19)8-11/h5-6,11H,3-4,7-8H2,1-2H3,(H,16,17). The number of aryl methyl sites for hydroxylation is 2. The molecule has 4 nitrogen and oxygen atoms in total. The highest BCUT2D eigenvalue weighted by Crippen LogP contribution is 2.28. The monoisotopic (exact) mass is 391 g/mol. The lowest BCUT2D eigenvalue weighted by atomic mass is 10.2. The van der Waals surface area contributed by atoms with Crippen molar-refractivity contribution in [1.82, 2.24) is 5.32 Å². The zero-order valence-electron chi connectivity index (χ0n) is 12.0. The SMILES string of the molecule is Cc1cc(SCC(=O)NC2CCS(=O)(=O)C2)c(C)cc1Br. The molecule has 1 atom stereocenters. The number of rotatable bonds is 4. The first-order valence-electron chi connectivity index (χ1n) is 6.66. The molecule has 1 aliphatic heterocycles. The Labute approximate surface area is 138 Å². The maximum absolute atomic E-state index is 11.9. The number of amides is 1. The van der Waals surface area contributed by atoms with E-state index in [-0.39, 0.29) is 23.5 Å². The molecule has 0 radical (unpaired) electrons. The van der Waals surface area contributed by atoms with E-state index in [1.54, 1.807) is 0 Å². The molecule has 2 rings (SSSR count). The molecule has 1 saturated heterocycles. The lowest BCUT2D eigenvalue weighted by Gasteiger charge is -2.12. The highest BCUT2D eigenvalue weighted by Gasteiger charge is 2.28.